The van der Waals surface area contributed by atoms with Crippen LogP contribution >= 0.6 is 15.6 Å². The van der Waals surface area contributed by atoms with Crippen molar-refractivity contribution < 1.29 is 75.8 Å². The lowest BCUT2D eigenvalue weighted by Gasteiger charge is -2.21. The van der Waals surface area contributed by atoms with Gasteiger partial charge in [0.15, 0.2) is 6.10 Å². The van der Waals surface area contributed by atoms with E-state index in [1.165, 1.54) is 193 Å². The number of aliphatic hydroxyl groups is 2. The third-order valence-corrected chi connectivity index (χ3v) is 23.0. The number of ether oxygens (including phenoxy) is 3. The van der Waals surface area contributed by atoms with Gasteiger partial charge in [0.1, 0.15) is 25.4 Å². The van der Waals surface area contributed by atoms with Gasteiger partial charge in [-0.05, 0) is 154 Å². The van der Waals surface area contributed by atoms with Crippen LogP contribution in [0.4, 0.5) is 0 Å². The summed E-state index contributed by atoms with van der Waals surface area (Å²) in [4.78, 5) is 59.2. The first-order chi connectivity index (χ1) is 61.2. The second-order valence-electron chi connectivity index (χ2n) is 33.1. The Morgan fingerprint density at radius 2 is 0.400 bits per heavy atom. The summed E-state index contributed by atoms with van der Waals surface area (Å²) < 4.78 is 61.7. The summed E-state index contributed by atoms with van der Waals surface area (Å²) >= 11 is 0. The minimum atomic E-state index is -4.95. The Kier molecular flexibility index (Phi) is 93.5. The van der Waals surface area contributed by atoms with E-state index in [0.29, 0.717) is 19.3 Å². The van der Waals surface area contributed by atoms with Gasteiger partial charge in [0.05, 0.1) is 26.4 Å². The molecule has 18 heteroatoms. The molecule has 0 radical (unpaired) electrons. The van der Waals surface area contributed by atoms with Crippen molar-refractivity contribution >= 4 is 33.6 Å². The number of phosphoric acid groups is 2. The lowest BCUT2D eigenvalue weighted by molar-refractivity contribution is -0.161. The van der Waals surface area contributed by atoms with Crippen LogP contribution in [0, 0.1) is 0 Å². The molecule has 0 spiro atoms. The van der Waals surface area contributed by atoms with Crippen LogP contribution in [-0.4, -0.2) is 95.9 Å². The highest BCUT2D eigenvalue weighted by Crippen LogP contribution is 2.45. The second kappa shape index (κ2) is 97.7. The third kappa shape index (κ3) is 99.1. The molecule has 125 heavy (non-hydrogen) atoms. The Bertz CT molecular complexity index is 3000. The maximum Gasteiger partial charge on any atom is 0.472 e. The molecule has 0 aliphatic carbocycles. The Hall–Kier alpha value is -5.35. The predicted molar refractivity (Wildman–Crippen MR) is 528 cm³/mol. The minimum Gasteiger partial charge on any atom is -0.463 e. The monoisotopic (exact) mass is 1790 g/mol. The highest BCUT2D eigenvalue weighted by molar-refractivity contribution is 7.47. The van der Waals surface area contributed by atoms with Crippen LogP contribution in [0.25, 0.3) is 0 Å². The number of unbranched alkanes of at least 4 members (excludes halogenated alkanes) is 41. The number of allylic oxidation sites excluding steroid dienone is 30. The molecule has 0 aromatic carbocycles. The van der Waals surface area contributed by atoms with Crippen molar-refractivity contribution in [3.8, 4) is 0 Å². The molecule has 0 bridgehead atoms. The van der Waals surface area contributed by atoms with Crippen LogP contribution in [0.3, 0.4) is 0 Å². The van der Waals surface area contributed by atoms with Gasteiger partial charge in [-0.3, -0.25) is 32.5 Å². The van der Waals surface area contributed by atoms with Crippen LogP contribution in [0.5, 0.6) is 0 Å². The van der Waals surface area contributed by atoms with Crippen molar-refractivity contribution in [1.82, 2.24) is 0 Å². The predicted octanol–water partition coefficient (Wildman–Crippen LogP) is 31.6. The zero-order valence-corrected chi connectivity index (χ0v) is 81.0. The van der Waals surface area contributed by atoms with E-state index < -0.39 is 91.5 Å². The van der Waals surface area contributed by atoms with Crippen LogP contribution in [-0.2, 0) is 55.8 Å². The zero-order valence-electron chi connectivity index (χ0n) is 79.2. The lowest BCUT2D eigenvalue weighted by atomic mass is 10.0. The standard InChI is InChI=1S/C107H182O16P2/c1-4-7-10-13-16-19-22-25-28-31-34-37-40-43-46-48-50-52-55-57-60-63-66-69-72-75-78-81-84-87-90-93-105(110)117-96-102(108)97-119-124(113,114)120-98-103(109)99-121-125(115,116)122-101-104(123-107(112)95-92-89-86-83-80-77-74-71-68-65-62-59-54-45-42-39-36-33-30-27-24-21-18-15-12-9-6-3)100-118-106(111)94-91-88-85-82-79-76-73-70-67-64-61-58-56-53-51-49-47-44-41-38-35-32-29-26-23-20-17-14-11-8-5-2/h7-12,16-21,25-30,34-39,43-47,54,102-104,108-109H,4-6,13-15,22-24,31-33,40-42,48-53,55-101H2,1-3H3,(H,113,114)(H,115,116)/b10-7-,11-8-,12-9-,19-16-,20-17-,21-18-,28-25-,29-26-,30-27-,37-34-,38-35-,39-36-,46-43-,47-44-,54-45-. The van der Waals surface area contributed by atoms with E-state index >= 15 is 0 Å². The summed E-state index contributed by atoms with van der Waals surface area (Å²) in [5, 5.41) is 20.8. The molecule has 0 aliphatic rings. The largest absolute Gasteiger partial charge is 0.472 e. The van der Waals surface area contributed by atoms with E-state index in [-0.39, 0.29) is 19.3 Å². The molecule has 0 heterocycles. The molecular formula is C107H182O16P2. The number of aliphatic hydroxyl groups excluding tert-OH is 2. The van der Waals surface area contributed by atoms with Crippen molar-refractivity contribution in [2.75, 3.05) is 39.6 Å². The van der Waals surface area contributed by atoms with Gasteiger partial charge in [-0.2, -0.15) is 0 Å². The molecule has 0 saturated heterocycles. The number of carbonyl (C=O) groups is 3. The minimum absolute atomic E-state index is 0.0970. The number of phosphoric ester groups is 2. The van der Waals surface area contributed by atoms with Gasteiger partial charge in [0.2, 0.25) is 0 Å². The summed E-state index contributed by atoms with van der Waals surface area (Å²) in [6, 6.07) is 0. The van der Waals surface area contributed by atoms with Gasteiger partial charge in [0.25, 0.3) is 0 Å². The molecule has 5 atom stereocenters. The molecule has 0 aliphatic heterocycles. The molecule has 0 rings (SSSR count). The summed E-state index contributed by atoms with van der Waals surface area (Å²) in [6.45, 7) is 2.41. The lowest BCUT2D eigenvalue weighted by Crippen LogP contribution is -2.30. The van der Waals surface area contributed by atoms with E-state index in [0.717, 1.165) is 167 Å². The van der Waals surface area contributed by atoms with E-state index in [2.05, 4.69) is 203 Å². The van der Waals surface area contributed by atoms with Gasteiger partial charge in [-0.1, -0.05) is 428 Å². The number of hydrogen-bond acceptors (Lipinski definition) is 14. The van der Waals surface area contributed by atoms with Crippen molar-refractivity contribution in [1.29, 1.82) is 0 Å². The van der Waals surface area contributed by atoms with Gasteiger partial charge in [-0.15, -0.1) is 0 Å². The molecule has 716 valence electrons. The molecule has 0 saturated carbocycles. The fourth-order valence-electron chi connectivity index (χ4n) is 13.7. The van der Waals surface area contributed by atoms with Crippen LogP contribution < -0.4 is 0 Å². The Morgan fingerprint density at radius 3 is 0.632 bits per heavy atom. The zero-order chi connectivity index (χ0) is 90.7. The highest BCUT2D eigenvalue weighted by Gasteiger charge is 2.30. The van der Waals surface area contributed by atoms with E-state index in [4.69, 9.17) is 32.3 Å². The Labute approximate surface area is 764 Å². The summed E-state index contributed by atoms with van der Waals surface area (Å²) in [5.41, 5.74) is 0. The number of carbonyl (C=O) groups excluding carboxylic acids is 3. The third-order valence-electron chi connectivity index (χ3n) is 21.1. The summed E-state index contributed by atoms with van der Waals surface area (Å²) in [5.74, 6) is -1.57. The number of hydrogen-bond donors (Lipinski definition) is 4. The van der Waals surface area contributed by atoms with Gasteiger partial charge in [0, 0.05) is 19.3 Å². The second-order valence-corrected chi connectivity index (χ2v) is 36.0. The first-order valence-corrected chi connectivity index (χ1v) is 53.1. The van der Waals surface area contributed by atoms with Crippen molar-refractivity contribution in [2.24, 2.45) is 0 Å². The van der Waals surface area contributed by atoms with Crippen molar-refractivity contribution in [3.63, 3.8) is 0 Å². The molecule has 0 fully saturated rings. The molecule has 5 unspecified atom stereocenters. The Morgan fingerprint density at radius 1 is 0.224 bits per heavy atom. The topological polar surface area (TPSA) is 231 Å². The molecule has 0 amide bonds. The first-order valence-electron chi connectivity index (χ1n) is 50.1. The van der Waals surface area contributed by atoms with Crippen LogP contribution in [0.1, 0.15) is 419 Å². The molecule has 4 N–H and O–H groups in total. The van der Waals surface area contributed by atoms with Crippen molar-refractivity contribution in [3.05, 3.63) is 182 Å². The van der Waals surface area contributed by atoms with Gasteiger partial charge in [-0.25, -0.2) is 9.13 Å². The average molecular weight is 1790 g/mol. The molecule has 0 aromatic rings. The Balaban J connectivity index is 4.63. The normalized spacial score (nSPS) is 14.5. The van der Waals surface area contributed by atoms with E-state index in [1.54, 1.807) is 0 Å². The quantitative estimate of drug-likeness (QED) is 0.0146. The summed E-state index contributed by atoms with van der Waals surface area (Å²) in [7, 11) is -9.82. The maximum atomic E-state index is 13.1. The fraction of sp³-hybridized carbons (Fsp3) is 0.692. The number of rotatable bonds is 94. The van der Waals surface area contributed by atoms with Gasteiger partial charge < -0.3 is 34.2 Å². The van der Waals surface area contributed by atoms with Crippen molar-refractivity contribution in [2.45, 2.75) is 437 Å². The van der Waals surface area contributed by atoms with E-state index in [9.17, 15) is 43.5 Å². The molecule has 0 aromatic heterocycles. The SMILES string of the molecule is CC/C=C\C/C=C\C/C=C\C/C=C\C/C=C\CCCCCCCCCCCCCCCCCC(=O)OCC(O)COP(=O)(O)OCC(O)COP(=O)(O)OCC(COC(=O)CCCCCCCCCCCCCCCCC/C=C\C/C=C\C/C=C\C/C=C\C/C=C\CC)OC(=O)CCCCCCCCCCCCC/C=C\C/C=C\C/C=C\C/C=C\C/C=C\CC. The van der Waals surface area contributed by atoms with Crippen LogP contribution in [0.2, 0.25) is 0 Å². The fourth-order valence-corrected chi connectivity index (χ4v) is 15.2. The first kappa shape index (κ1) is 120. The highest BCUT2D eigenvalue weighted by atomic mass is 31.2. The molecular weight excluding hydrogens is 1600 g/mol. The summed E-state index contributed by atoms with van der Waals surface area (Å²) in [6.07, 6.45) is 129. The maximum absolute atomic E-state index is 13.1. The van der Waals surface area contributed by atoms with Gasteiger partial charge >= 0.3 is 33.6 Å². The number of esters is 3. The average Bonchev–Trinajstić information content (AvgIpc) is 0.901. The molecule has 16 nitrogen and oxygen atoms in total. The smallest absolute Gasteiger partial charge is 0.463 e. The van der Waals surface area contributed by atoms with E-state index in [1.807, 2.05) is 0 Å². The van der Waals surface area contributed by atoms with Crippen LogP contribution in [0.15, 0.2) is 182 Å².